The Morgan fingerprint density at radius 3 is 1.48 bits per heavy atom. The average molecular weight is 880 g/mol. The third-order valence-electron chi connectivity index (χ3n) is 14.2. The first-order valence-corrected chi connectivity index (χ1v) is 23.7. The van der Waals surface area contributed by atoms with E-state index in [1.54, 1.807) is 0 Å². The van der Waals surface area contributed by atoms with Gasteiger partial charge in [-0.3, -0.25) is 0 Å². The van der Waals surface area contributed by atoms with E-state index in [0.29, 0.717) is 0 Å². The van der Waals surface area contributed by atoms with Gasteiger partial charge in [0, 0.05) is 33.4 Å². The van der Waals surface area contributed by atoms with Crippen molar-refractivity contribution in [3.8, 4) is 55.6 Å². The number of benzene rings is 11. The molecule has 0 amide bonds. The van der Waals surface area contributed by atoms with Gasteiger partial charge in [-0.15, -0.1) is 0 Å². The minimum Gasteiger partial charge on any atom is -0.455 e. The van der Waals surface area contributed by atoms with E-state index in [9.17, 15) is 0 Å². The third kappa shape index (κ3) is 6.80. The second-order valence-corrected chi connectivity index (χ2v) is 18.0. The Bertz CT molecular complexity index is 3800. The second kappa shape index (κ2) is 16.7. The lowest BCUT2D eigenvalue weighted by Gasteiger charge is -2.34. The zero-order chi connectivity index (χ0) is 45.7. The predicted molar refractivity (Wildman–Crippen MR) is 287 cm³/mol. The molecule has 11 aromatic carbocycles. The van der Waals surface area contributed by atoms with Crippen molar-refractivity contribution in [3.63, 3.8) is 0 Å². The molecule has 1 aliphatic rings. The first-order chi connectivity index (χ1) is 34.2. The fourth-order valence-electron chi connectivity index (χ4n) is 11.0. The van der Waals surface area contributed by atoms with Crippen molar-refractivity contribution in [1.29, 1.82) is 0 Å². The van der Waals surface area contributed by atoms with E-state index in [1.807, 2.05) is 6.07 Å². The molecule has 324 valence electrons. The van der Waals surface area contributed by atoms with Gasteiger partial charge in [0.05, 0.1) is 5.41 Å². The maximum absolute atomic E-state index is 6.49. The summed E-state index contributed by atoms with van der Waals surface area (Å²) in [5.74, 6) is 0. The van der Waals surface area contributed by atoms with Crippen LogP contribution in [0, 0.1) is 0 Å². The molecular formula is C67H45NO. The third-order valence-corrected chi connectivity index (χ3v) is 14.2. The van der Waals surface area contributed by atoms with Gasteiger partial charge in [-0.05, 0) is 121 Å². The minimum atomic E-state index is -0.523. The molecule has 2 nitrogen and oxygen atoms in total. The molecule has 0 spiro atoms. The highest BCUT2D eigenvalue weighted by Gasteiger charge is 2.46. The maximum atomic E-state index is 6.49. The number of nitrogens with zero attached hydrogens (tertiary/aromatic N) is 1. The maximum Gasteiger partial charge on any atom is 0.143 e. The van der Waals surface area contributed by atoms with Crippen molar-refractivity contribution in [2.24, 2.45) is 0 Å². The van der Waals surface area contributed by atoms with Crippen molar-refractivity contribution in [1.82, 2.24) is 0 Å². The highest BCUT2D eigenvalue weighted by molar-refractivity contribution is 6.09. The topological polar surface area (TPSA) is 16.4 Å². The van der Waals surface area contributed by atoms with E-state index in [-0.39, 0.29) is 0 Å². The smallest absolute Gasteiger partial charge is 0.143 e. The van der Waals surface area contributed by atoms with E-state index < -0.39 is 5.41 Å². The summed E-state index contributed by atoms with van der Waals surface area (Å²) in [5.41, 5.74) is 21.5. The molecule has 1 atom stereocenters. The zero-order valence-electron chi connectivity index (χ0n) is 37.8. The lowest BCUT2D eigenvalue weighted by atomic mass is 9.67. The average Bonchev–Trinajstić information content (AvgIpc) is 3.96. The second-order valence-electron chi connectivity index (χ2n) is 18.0. The van der Waals surface area contributed by atoms with Gasteiger partial charge >= 0.3 is 0 Å². The van der Waals surface area contributed by atoms with Crippen LogP contribution < -0.4 is 4.90 Å². The lowest BCUT2D eigenvalue weighted by Crippen LogP contribution is -2.28. The molecule has 0 saturated heterocycles. The van der Waals surface area contributed by atoms with Crippen LogP contribution in [0.2, 0.25) is 0 Å². The van der Waals surface area contributed by atoms with Crippen LogP contribution in [0.5, 0.6) is 0 Å². The van der Waals surface area contributed by atoms with Crippen LogP contribution >= 0.6 is 0 Å². The van der Waals surface area contributed by atoms with E-state index in [1.165, 1.54) is 61.2 Å². The molecule has 0 N–H and O–H groups in total. The Balaban J connectivity index is 0.897. The van der Waals surface area contributed by atoms with Gasteiger partial charge in [-0.1, -0.05) is 224 Å². The number of rotatable bonds is 9. The van der Waals surface area contributed by atoms with Crippen LogP contribution in [0.15, 0.2) is 277 Å². The number of hydrogen-bond donors (Lipinski definition) is 0. The molecule has 0 bridgehead atoms. The first-order valence-electron chi connectivity index (χ1n) is 23.7. The molecular weight excluding hydrogens is 835 g/mol. The van der Waals surface area contributed by atoms with Crippen molar-refractivity contribution in [3.05, 3.63) is 295 Å². The van der Waals surface area contributed by atoms with Crippen LogP contribution in [0.25, 0.3) is 77.6 Å². The van der Waals surface area contributed by atoms with Crippen molar-refractivity contribution in [2.45, 2.75) is 5.41 Å². The quantitative estimate of drug-likeness (QED) is 0.144. The number of fused-ring (bicyclic) bond motifs is 6. The number of para-hydroxylation sites is 2. The Morgan fingerprint density at radius 2 is 0.754 bits per heavy atom. The van der Waals surface area contributed by atoms with E-state index in [2.05, 4.69) is 272 Å². The largest absolute Gasteiger partial charge is 0.455 e. The number of furan rings is 1. The number of hydrogen-bond acceptors (Lipinski definition) is 2. The molecule has 1 unspecified atom stereocenters. The molecule has 0 fully saturated rings. The summed E-state index contributed by atoms with van der Waals surface area (Å²) in [5, 5.41) is 2.28. The molecule has 1 aliphatic carbocycles. The molecule has 13 rings (SSSR count). The lowest BCUT2D eigenvalue weighted by molar-refractivity contribution is 0.670. The Morgan fingerprint density at radius 1 is 0.275 bits per heavy atom. The zero-order valence-corrected chi connectivity index (χ0v) is 37.8. The standard InChI is InChI=1S/C67H45NO/c1-4-16-46(17-5-1)48-32-39-55(40-33-48)68(57-23-14-20-51(44-57)47-18-6-2-7-19-47)56-41-34-49(35-42-56)52-36-43-64-62(45-52)59-24-10-12-28-63(59)67(64,53-21-8-3-9-22-53)54-37-30-50(31-38-54)58-26-15-27-61-60-25-11-13-29-65(60)69-66(58)61/h1-45H. The van der Waals surface area contributed by atoms with Crippen molar-refractivity contribution >= 4 is 39.0 Å². The Hall–Kier alpha value is -8.98. The first kappa shape index (κ1) is 40.3. The Kier molecular flexibility index (Phi) is 9.77. The van der Waals surface area contributed by atoms with E-state index in [4.69, 9.17) is 4.42 Å². The summed E-state index contributed by atoms with van der Waals surface area (Å²) in [7, 11) is 0. The molecule has 69 heavy (non-hydrogen) atoms. The van der Waals surface area contributed by atoms with Crippen LogP contribution in [-0.4, -0.2) is 0 Å². The van der Waals surface area contributed by atoms with Crippen LogP contribution in [0.3, 0.4) is 0 Å². The minimum absolute atomic E-state index is 0.523. The molecule has 0 radical (unpaired) electrons. The SMILES string of the molecule is c1ccc(-c2ccc(N(c3ccc(-c4ccc5c(c4)-c4ccccc4C5(c4ccccc4)c4ccc(-c5cccc6c5oc5ccccc56)cc4)cc3)c3cccc(-c4ccccc4)c3)cc2)cc1. The fourth-order valence-corrected chi connectivity index (χ4v) is 11.0. The predicted octanol–water partition coefficient (Wildman–Crippen LogP) is 18.1. The monoisotopic (exact) mass is 879 g/mol. The van der Waals surface area contributed by atoms with Gasteiger partial charge in [0.25, 0.3) is 0 Å². The molecule has 0 saturated carbocycles. The highest BCUT2D eigenvalue weighted by Crippen LogP contribution is 2.57. The summed E-state index contributed by atoms with van der Waals surface area (Å²) in [6, 6.07) is 99.1. The van der Waals surface area contributed by atoms with Gasteiger partial charge in [0.2, 0.25) is 0 Å². The Labute approximate surface area is 402 Å². The summed E-state index contributed by atoms with van der Waals surface area (Å²) < 4.78 is 6.49. The summed E-state index contributed by atoms with van der Waals surface area (Å²) in [6.45, 7) is 0. The highest BCUT2D eigenvalue weighted by atomic mass is 16.3. The molecule has 1 aromatic heterocycles. The van der Waals surface area contributed by atoms with Crippen LogP contribution in [-0.2, 0) is 5.41 Å². The van der Waals surface area contributed by atoms with E-state index in [0.717, 1.165) is 55.7 Å². The van der Waals surface area contributed by atoms with Crippen LogP contribution in [0.4, 0.5) is 17.1 Å². The summed E-state index contributed by atoms with van der Waals surface area (Å²) in [4.78, 5) is 2.36. The van der Waals surface area contributed by atoms with Crippen molar-refractivity contribution < 1.29 is 4.42 Å². The summed E-state index contributed by atoms with van der Waals surface area (Å²) >= 11 is 0. The molecule has 1 heterocycles. The fraction of sp³-hybridized carbons (Fsp3) is 0.0149. The molecule has 0 aliphatic heterocycles. The van der Waals surface area contributed by atoms with Gasteiger partial charge in [-0.2, -0.15) is 0 Å². The number of anilines is 3. The van der Waals surface area contributed by atoms with Crippen molar-refractivity contribution in [2.75, 3.05) is 4.90 Å². The van der Waals surface area contributed by atoms with Crippen LogP contribution in [0.1, 0.15) is 22.3 Å². The van der Waals surface area contributed by atoms with Gasteiger partial charge in [-0.25, -0.2) is 0 Å². The van der Waals surface area contributed by atoms with Gasteiger partial charge in [0.1, 0.15) is 11.2 Å². The summed E-state index contributed by atoms with van der Waals surface area (Å²) in [6.07, 6.45) is 0. The molecule has 2 heteroatoms. The van der Waals surface area contributed by atoms with E-state index >= 15 is 0 Å². The normalized spacial score (nSPS) is 13.9. The van der Waals surface area contributed by atoms with Gasteiger partial charge < -0.3 is 9.32 Å². The molecule has 12 aromatic rings. The van der Waals surface area contributed by atoms with Gasteiger partial charge in [0.15, 0.2) is 0 Å².